The molecule has 20 heavy (non-hydrogen) atoms. The number of anilines is 1. The summed E-state index contributed by atoms with van der Waals surface area (Å²) in [6, 6.07) is 7.79. The Balaban J connectivity index is 1.68. The normalized spacial score (nSPS) is 24.4. The van der Waals surface area contributed by atoms with Gasteiger partial charge < -0.3 is 10.2 Å². The van der Waals surface area contributed by atoms with Gasteiger partial charge in [0.2, 0.25) is 0 Å². The fourth-order valence-corrected chi connectivity index (χ4v) is 3.58. The zero-order chi connectivity index (χ0) is 14.1. The molecule has 0 radical (unpaired) electrons. The molecule has 0 aromatic heterocycles. The fourth-order valence-electron chi connectivity index (χ4n) is 3.58. The van der Waals surface area contributed by atoms with Gasteiger partial charge in [-0.05, 0) is 36.1 Å². The molecule has 5 heteroatoms. The van der Waals surface area contributed by atoms with Gasteiger partial charge in [0.15, 0.2) is 0 Å². The van der Waals surface area contributed by atoms with Crippen molar-refractivity contribution in [3.8, 4) is 5.97 Å². The molecule has 3 rings (SSSR count). The number of amides is 1. The highest BCUT2D eigenvalue weighted by Crippen LogP contribution is 2.40. The minimum Gasteiger partial charge on any atom is -0.371 e. The third-order valence-corrected chi connectivity index (χ3v) is 4.66. The number of rotatable bonds is 2. The minimum absolute atomic E-state index is 0.0493. The molecule has 1 amide bonds. The van der Waals surface area contributed by atoms with Crippen molar-refractivity contribution in [2.75, 3.05) is 25.0 Å². The van der Waals surface area contributed by atoms with Crippen LogP contribution in [0.4, 0.5) is 5.69 Å². The lowest BCUT2D eigenvalue weighted by molar-refractivity contribution is 0.0963. The molecular weight excluding hydrogens is 249 g/mol. The smallest absolute Gasteiger partial charge is 0.268 e. The SMILES string of the molecule is CNC(=O)c1ccc(N2CC3CB(C#N)CC3C2)cc1. The monoisotopic (exact) mass is 267 g/mol. The molecule has 2 saturated heterocycles. The molecule has 102 valence electrons. The molecule has 2 heterocycles. The molecule has 2 aliphatic rings. The molecule has 2 atom stereocenters. The molecule has 0 spiro atoms. The summed E-state index contributed by atoms with van der Waals surface area (Å²) in [7, 11) is 1.64. The highest BCUT2D eigenvalue weighted by Gasteiger charge is 2.42. The first-order valence-corrected chi connectivity index (χ1v) is 7.18. The first kappa shape index (κ1) is 13.0. The first-order chi connectivity index (χ1) is 9.71. The molecule has 4 nitrogen and oxygen atoms in total. The molecule has 1 N–H and O–H groups in total. The summed E-state index contributed by atoms with van der Waals surface area (Å²) >= 11 is 0. The molecule has 0 aliphatic carbocycles. The summed E-state index contributed by atoms with van der Waals surface area (Å²) in [4.78, 5) is 13.9. The largest absolute Gasteiger partial charge is 0.371 e. The number of benzene rings is 1. The maximum absolute atomic E-state index is 11.5. The summed E-state index contributed by atoms with van der Waals surface area (Å²) in [5.41, 5.74) is 1.88. The minimum atomic E-state index is -0.0493. The summed E-state index contributed by atoms with van der Waals surface area (Å²) in [6.45, 7) is 2.35. The Morgan fingerprint density at radius 1 is 1.30 bits per heavy atom. The van der Waals surface area contributed by atoms with E-state index in [1.54, 1.807) is 7.05 Å². The van der Waals surface area contributed by atoms with Crippen LogP contribution in [-0.4, -0.2) is 32.8 Å². The number of carbonyl (C=O) groups is 1. The van der Waals surface area contributed by atoms with Gasteiger partial charge in [-0.2, -0.15) is 0 Å². The maximum atomic E-state index is 11.5. The Morgan fingerprint density at radius 2 is 1.90 bits per heavy atom. The van der Waals surface area contributed by atoms with Crippen LogP contribution in [0, 0.1) is 23.1 Å². The summed E-state index contributed by atoms with van der Waals surface area (Å²) in [5, 5.41) is 11.6. The number of fused-ring (bicyclic) bond motifs is 1. The van der Waals surface area contributed by atoms with Crippen molar-refractivity contribution < 1.29 is 4.79 Å². The lowest BCUT2D eigenvalue weighted by Crippen LogP contribution is -2.23. The topological polar surface area (TPSA) is 56.1 Å². The second-order valence-electron chi connectivity index (χ2n) is 5.85. The van der Waals surface area contributed by atoms with Gasteiger partial charge in [0.1, 0.15) is 0 Å². The number of nitrogens with one attached hydrogen (secondary N) is 1. The van der Waals surface area contributed by atoms with Gasteiger partial charge in [-0.3, -0.25) is 4.79 Å². The van der Waals surface area contributed by atoms with Gasteiger partial charge in [-0.1, -0.05) is 12.6 Å². The highest BCUT2D eigenvalue weighted by atomic mass is 16.1. The predicted molar refractivity (Wildman–Crippen MR) is 80.0 cm³/mol. The highest BCUT2D eigenvalue weighted by molar-refractivity contribution is 6.67. The fraction of sp³-hybridized carbons (Fsp3) is 0.467. The number of nitrogens with zero attached hydrogens (tertiary/aromatic N) is 2. The first-order valence-electron chi connectivity index (χ1n) is 7.18. The average molecular weight is 267 g/mol. The maximum Gasteiger partial charge on any atom is 0.268 e. The molecule has 2 unspecified atom stereocenters. The zero-order valence-corrected chi connectivity index (χ0v) is 11.7. The second kappa shape index (κ2) is 5.20. The number of hydrogen-bond donors (Lipinski definition) is 1. The van der Waals surface area contributed by atoms with Gasteiger partial charge in [0.05, 0.1) is 0 Å². The van der Waals surface area contributed by atoms with Crippen molar-refractivity contribution in [1.82, 2.24) is 5.32 Å². The van der Waals surface area contributed by atoms with Crippen molar-refractivity contribution in [3.05, 3.63) is 29.8 Å². The van der Waals surface area contributed by atoms with E-state index in [4.69, 9.17) is 5.26 Å². The summed E-state index contributed by atoms with van der Waals surface area (Å²) in [5.74, 6) is 3.69. The van der Waals surface area contributed by atoms with E-state index < -0.39 is 0 Å². The van der Waals surface area contributed by atoms with Crippen LogP contribution in [0.2, 0.25) is 12.6 Å². The van der Waals surface area contributed by atoms with Gasteiger partial charge in [0.25, 0.3) is 12.6 Å². The van der Waals surface area contributed by atoms with Gasteiger partial charge >= 0.3 is 0 Å². The molecular formula is C15H18BN3O. The van der Waals surface area contributed by atoms with Gasteiger partial charge in [-0.25, -0.2) is 5.26 Å². The number of hydrogen-bond acceptors (Lipinski definition) is 3. The Bertz CT molecular complexity index is 537. The van der Waals surface area contributed by atoms with Crippen LogP contribution in [0.3, 0.4) is 0 Å². The standard InChI is InChI=1S/C15H18BN3O/c1-18-15(20)11-2-4-14(5-3-11)19-8-12-6-16(10-17)7-13(12)9-19/h2-5,12-13H,6-9H2,1H3,(H,18,20). The number of carbonyl (C=O) groups excluding carboxylic acids is 1. The molecule has 0 bridgehead atoms. The Labute approximate surface area is 119 Å². The molecule has 0 saturated carbocycles. The predicted octanol–water partition coefficient (Wildman–Crippen LogP) is 1.67. The van der Waals surface area contributed by atoms with Crippen LogP contribution >= 0.6 is 0 Å². The van der Waals surface area contributed by atoms with E-state index >= 15 is 0 Å². The lowest BCUT2D eigenvalue weighted by Gasteiger charge is -2.20. The van der Waals surface area contributed by atoms with Crippen LogP contribution in [0.15, 0.2) is 24.3 Å². The lowest BCUT2D eigenvalue weighted by atomic mass is 9.49. The van der Waals surface area contributed by atoms with E-state index in [1.165, 1.54) is 5.69 Å². The van der Waals surface area contributed by atoms with Crippen molar-refractivity contribution >= 4 is 18.3 Å². The van der Waals surface area contributed by atoms with E-state index in [2.05, 4.69) is 16.2 Å². The van der Waals surface area contributed by atoms with Crippen LogP contribution < -0.4 is 10.2 Å². The van der Waals surface area contributed by atoms with E-state index in [0.29, 0.717) is 17.4 Å². The second-order valence-corrected chi connectivity index (χ2v) is 5.85. The van der Waals surface area contributed by atoms with Crippen molar-refractivity contribution in [1.29, 1.82) is 5.26 Å². The van der Waals surface area contributed by atoms with Gasteiger partial charge in [0, 0.05) is 37.4 Å². The van der Waals surface area contributed by atoms with Crippen LogP contribution in [0.25, 0.3) is 0 Å². The van der Waals surface area contributed by atoms with Crippen LogP contribution in [0.5, 0.6) is 0 Å². The van der Waals surface area contributed by atoms with Crippen molar-refractivity contribution in [3.63, 3.8) is 0 Å². The Kier molecular flexibility index (Phi) is 3.39. The molecule has 1 aromatic rings. The zero-order valence-electron chi connectivity index (χ0n) is 11.7. The van der Waals surface area contributed by atoms with Crippen LogP contribution in [-0.2, 0) is 0 Å². The Hall–Kier alpha value is -1.96. The van der Waals surface area contributed by atoms with Crippen molar-refractivity contribution in [2.45, 2.75) is 12.6 Å². The third kappa shape index (κ3) is 2.26. The Morgan fingerprint density at radius 3 is 2.40 bits per heavy atom. The molecule has 2 aliphatic heterocycles. The van der Waals surface area contributed by atoms with E-state index in [-0.39, 0.29) is 12.6 Å². The molecule has 2 fully saturated rings. The molecule has 1 aromatic carbocycles. The summed E-state index contributed by atoms with van der Waals surface area (Å²) < 4.78 is 0. The summed E-state index contributed by atoms with van der Waals surface area (Å²) in [6.07, 6.45) is 2.10. The van der Waals surface area contributed by atoms with E-state index in [1.807, 2.05) is 24.3 Å². The van der Waals surface area contributed by atoms with Crippen molar-refractivity contribution in [2.24, 2.45) is 11.8 Å². The van der Waals surface area contributed by atoms with E-state index in [0.717, 1.165) is 25.7 Å². The third-order valence-electron chi connectivity index (χ3n) is 4.66. The van der Waals surface area contributed by atoms with Gasteiger partial charge in [-0.15, -0.1) is 0 Å². The quantitative estimate of drug-likeness (QED) is 0.829. The van der Waals surface area contributed by atoms with E-state index in [9.17, 15) is 4.79 Å². The average Bonchev–Trinajstić information content (AvgIpc) is 3.04. The van der Waals surface area contributed by atoms with Crippen LogP contribution in [0.1, 0.15) is 10.4 Å². The number of nitriles is 1.